The van der Waals surface area contributed by atoms with Gasteiger partial charge in [-0.25, -0.2) is 0 Å². The van der Waals surface area contributed by atoms with Crippen LogP contribution < -0.4 is 5.32 Å². The quantitative estimate of drug-likeness (QED) is 0.740. The van der Waals surface area contributed by atoms with Gasteiger partial charge in [-0.3, -0.25) is 4.79 Å². The third-order valence-electron chi connectivity index (χ3n) is 4.09. The van der Waals surface area contributed by atoms with Gasteiger partial charge in [0.2, 0.25) is 5.91 Å². The second kappa shape index (κ2) is 7.41. The van der Waals surface area contributed by atoms with Gasteiger partial charge in [-0.15, -0.1) is 0 Å². The van der Waals surface area contributed by atoms with E-state index in [0.29, 0.717) is 11.1 Å². The Labute approximate surface area is 142 Å². The van der Waals surface area contributed by atoms with E-state index in [1.807, 2.05) is 41.5 Å². The molecule has 1 unspecified atom stereocenters. The number of hydrogen-bond donors (Lipinski definition) is 1. The Balaban J connectivity index is 3.03. The van der Waals surface area contributed by atoms with Gasteiger partial charge in [0.05, 0.1) is 5.56 Å². The molecular weight excluding hydrogens is 315 g/mol. The minimum absolute atomic E-state index is 0.0280. The molecule has 1 aromatic carbocycles. The normalized spacial score (nSPS) is 14.7. The molecule has 0 aliphatic carbocycles. The van der Waals surface area contributed by atoms with Gasteiger partial charge in [-0.05, 0) is 42.0 Å². The fraction of sp³-hybridized carbons (Fsp3) is 0.526. The van der Waals surface area contributed by atoms with Crippen LogP contribution in [0.2, 0.25) is 0 Å². The van der Waals surface area contributed by atoms with Gasteiger partial charge in [-0.1, -0.05) is 46.8 Å². The summed E-state index contributed by atoms with van der Waals surface area (Å²) in [5.41, 5.74) is 0.346. The van der Waals surface area contributed by atoms with Gasteiger partial charge in [0.15, 0.2) is 0 Å². The Morgan fingerprint density at radius 3 is 1.92 bits per heavy atom. The number of carbonyl (C=O) groups is 1. The zero-order valence-electron chi connectivity index (χ0n) is 15.1. The second-order valence-corrected chi connectivity index (χ2v) is 7.44. The van der Waals surface area contributed by atoms with Crippen LogP contribution in [0.1, 0.15) is 52.7 Å². The van der Waals surface area contributed by atoms with Gasteiger partial charge < -0.3 is 5.32 Å². The summed E-state index contributed by atoms with van der Waals surface area (Å²) in [5.74, 6) is -0.230. The fourth-order valence-electron chi connectivity index (χ4n) is 1.94. The van der Waals surface area contributed by atoms with E-state index in [1.165, 1.54) is 12.1 Å². The topological polar surface area (TPSA) is 29.1 Å². The molecular formula is C19H26F3NO. The largest absolute Gasteiger partial charge is 0.416 e. The number of nitrogens with one attached hydrogen (secondary N) is 1. The van der Waals surface area contributed by atoms with Crippen molar-refractivity contribution in [3.8, 4) is 0 Å². The zero-order valence-corrected chi connectivity index (χ0v) is 15.1. The first-order chi connectivity index (χ1) is 10.8. The first-order valence-corrected chi connectivity index (χ1v) is 8.02. The maximum atomic E-state index is 12.6. The molecule has 0 heterocycles. The van der Waals surface area contributed by atoms with Crippen molar-refractivity contribution in [1.29, 1.82) is 0 Å². The first kappa shape index (κ1) is 20.3. The molecule has 134 valence electrons. The van der Waals surface area contributed by atoms with Crippen LogP contribution in [0.4, 0.5) is 13.2 Å². The molecule has 0 saturated carbocycles. The molecule has 1 aromatic rings. The van der Waals surface area contributed by atoms with Crippen molar-refractivity contribution in [2.24, 2.45) is 11.3 Å². The van der Waals surface area contributed by atoms with E-state index in [4.69, 9.17) is 0 Å². The van der Waals surface area contributed by atoms with Crippen LogP contribution >= 0.6 is 0 Å². The Kier molecular flexibility index (Phi) is 6.26. The van der Waals surface area contributed by atoms with Gasteiger partial charge in [-0.2, -0.15) is 13.2 Å². The molecule has 0 fully saturated rings. The highest BCUT2D eigenvalue weighted by molar-refractivity contribution is 5.98. The van der Waals surface area contributed by atoms with Crippen molar-refractivity contribution in [3.05, 3.63) is 41.0 Å². The average Bonchev–Trinajstić information content (AvgIpc) is 2.42. The van der Waals surface area contributed by atoms with Crippen LogP contribution in [0.3, 0.4) is 0 Å². The Morgan fingerprint density at radius 1 is 1.04 bits per heavy atom. The molecule has 0 aliphatic rings. The van der Waals surface area contributed by atoms with Gasteiger partial charge in [0, 0.05) is 11.6 Å². The van der Waals surface area contributed by atoms with E-state index in [1.54, 1.807) is 6.08 Å². The smallest absolute Gasteiger partial charge is 0.349 e. The lowest BCUT2D eigenvalue weighted by Gasteiger charge is -2.29. The lowest BCUT2D eigenvalue weighted by atomic mass is 9.87. The summed E-state index contributed by atoms with van der Waals surface area (Å²) in [6.45, 7) is 11.8. The Bertz CT molecular complexity index is 593. The average molecular weight is 341 g/mol. The SMILES string of the molecule is CC(C)/C(=C\c1ccc(C(F)(F)F)cc1)C(=O)NC(C)C(C)(C)C. The maximum Gasteiger partial charge on any atom is 0.416 e. The summed E-state index contributed by atoms with van der Waals surface area (Å²) in [6.07, 6.45) is -2.71. The Morgan fingerprint density at radius 2 is 1.54 bits per heavy atom. The highest BCUT2D eigenvalue weighted by Crippen LogP contribution is 2.29. The number of hydrogen-bond acceptors (Lipinski definition) is 1. The highest BCUT2D eigenvalue weighted by atomic mass is 19.4. The standard InChI is InChI=1S/C19H26F3NO/c1-12(2)16(17(24)23-13(3)18(4,5)6)11-14-7-9-15(10-8-14)19(20,21)22/h7-13H,1-6H3,(H,23,24)/b16-11+. The van der Waals surface area contributed by atoms with E-state index in [0.717, 1.165) is 12.1 Å². The number of alkyl halides is 3. The van der Waals surface area contributed by atoms with Crippen LogP contribution in [0.15, 0.2) is 29.8 Å². The molecule has 0 spiro atoms. The van der Waals surface area contributed by atoms with Crippen LogP contribution in [0.25, 0.3) is 6.08 Å². The van der Waals surface area contributed by atoms with Crippen LogP contribution in [0.5, 0.6) is 0 Å². The summed E-state index contributed by atoms with van der Waals surface area (Å²) >= 11 is 0. The molecule has 1 amide bonds. The third-order valence-corrected chi connectivity index (χ3v) is 4.09. The lowest BCUT2D eigenvalue weighted by Crippen LogP contribution is -2.42. The number of rotatable bonds is 4. The molecule has 0 aromatic heterocycles. The van der Waals surface area contributed by atoms with Crippen molar-refractivity contribution in [3.63, 3.8) is 0 Å². The zero-order chi connectivity index (χ0) is 18.7. The number of benzene rings is 1. The molecule has 0 aliphatic heterocycles. The van der Waals surface area contributed by atoms with E-state index in [9.17, 15) is 18.0 Å². The van der Waals surface area contributed by atoms with Crippen molar-refractivity contribution in [2.45, 2.75) is 53.8 Å². The summed E-state index contributed by atoms with van der Waals surface area (Å²) in [7, 11) is 0. The summed E-state index contributed by atoms with van der Waals surface area (Å²) in [6, 6.07) is 4.79. The monoisotopic (exact) mass is 341 g/mol. The van der Waals surface area contributed by atoms with Crippen LogP contribution in [0, 0.1) is 11.3 Å². The van der Waals surface area contributed by atoms with Crippen molar-refractivity contribution in [1.82, 2.24) is 5.32 Å². The number of amides is 1. The van der Waals surface area contributed by atoms with E-state index in [-0.39, 0.29) is 23.3 Å². The second-order valence-electron chi connectivity index (χ2n) is 7.44. The van der Waals surface area contributed by atoms with Crippen molar-refractivity contribution in [2.75, 3.05) is 0 Å². The third kappa shape index (κ3) is 5.69. The predicted molar refractivity (Wildman–Crippen MR) is 91.3 cm³/mol. The van der Waals surface area contributed by atoms with Gasteiger partial charge in [0.1, 0.15) is 0 Å². The molecule has 0 radical (unpaired) electrons. The molecule has 1 rings (SSSR count). The minimum atomic E-state index is -4.36. The molecule has 2 nitrogen and oxygen atoms in total. The van der Waals surface area contributed by atoms with E-state index < -0.39 is 11.7 Å². The van der Waals surface area contributed by atoms with Crippen LogP contribution in [-0.2, 0) is 11.0 Å². The van der Waals surface area contributed by atoms with Gasteiger partial charge >= 0.3 is 6.18 Å². The minimum Gasteiger partial charge on any atom is -0.349 e. The molecule has 5 heteroatoms. The molecule has 24 heavy (non-hydrogen) atoms. The van der Waals surface area contributed by atoms with E-state index >= 15 is 0 Å². The van der Waals surface area contributed by atoms with E-state index in [2.05, 4.69) is 5.32 Å². The summed E-state index contributed by atoms with van der Waals surface area (Å²) < 4.78 is 37.8. The molecule has 1 atom stereocenters. The fourth-order valence-corrected chi connectivity index (χ4v) is 1.94. The van der Waals surface area contributed by atoms with Crippen molar-refractivity contribution >= 4 is 12.0 Å². The number of carbonyl (C=O) groups excluding carboxylic acids is 1. The maximum absolute atomic E-state index is 12.6. The van der Waals surface area contributed by atoms with Crippen LogP contribution in [-0.4, -0.2) is 11.9 Å². The molecule has 0 saturated heterocycles. The van der Waals surface area contributed by atoms with Gasteiger partial charge in [0.25, 0.3) is 0 Å². The van der Waals surface area contributed by atoms with Crippen molar-refractivity contribution < 1.29 is 18.0 Å². The number of halogens is 3. The lowest BCUT2D eigenvalue weighted by molar-refractivity contribution is -0.137. The predicted octanol–water partition coefficient (Wildman–Crippen LogP) is 5.30. The summed E-state index contributed by atoms with van der Waals surface area (Å²) in [4.78, 5) is 12.5. The highest BCUT2D eigenvalue weighted by Gasteiger charge is 2.30. The Hall–Kier alpha value is -1.78. The first-order valence-electron chi connectivity index (χ1n) is 8.02. The molecule has 1 N–H and O–H groups in total. The molecule has 0 bridgehead atoms. The summed E-state index contributed by atoms with van der Waals surface area (Å²) in [5, 5.41) is 2.97.